The fraction of sp³-hybridized carbons (Fsp3) is 0.700. The molecule has 0 saturated carbocycles. The number of likely N-dealkylation sites (N-methyl/N-ethyl adjacent to an activating group) is 1. The molecule has 0 aliphatic rings. The molecule has 0 spiro atoms. The first-order valence-corrected chi connectivity index (χ1v) is 4.37. The molecular formula is C10H19N. The highest BCUT2D eigenvalue weighted by molar-refractivity contribution is 5.00. The van der Waals surface area contributed by atoms with E-state index in [2.05, 4.69) is 24.6 Å². The lowest BCUT2D eigenvalue weighted by Gasteiger charge is -2.02. The van der Waals surface area contributed by atoms with Crippen LogP contribution in [0, 0.1) is 0 Å². The largest absolute Gasteiger partial charge is 0.315 e. The molecule has 0 aliphatic heterocycles. The highest BCUT2D eigenvalue weighted by Crippen LogP contribution is 2.06. The van der Waals surface area contributed by atoms with Crippen LogP contribution in [0.1, 0.15) is 32.6 Å². The summed E-state index contributed by atoms with van der Waals surface area (Å²) in [6, 6.07) is 0. The summed E-state index contributed by atoms with van der Waals surface area (Å²) in [6.45, 7) is 6.81. The minimum absolute atomic E-state index is 0.938. The summed E-state index contributed by atoms with van der Waals surface area (Å²) in [5, 5.41) is 3.11. The summed E-state index contributed by atoms with van der Waals surface area (Å²) in [4.78, 5) is 0. The van der Waals surface area contributed by atoms with Crippen LogP contribution in [0.2, 0.25) is 0 Å². The van der Waals surface area contributed by atoms with Gasteiger partial charge in [-0.3, -0.25) is 0 Å². The average molecular weight is 153 g/mol. The zero-order chi connectivity index (χ0) is 8.53. The van der Waals surface area contributed by atoms with Crippen molar-refractivity contribution < 1.29 is 0 Å². The van der Waals surface area contributed by atoms with Crippen molar-refractivity contribution in [3.05, 3.63) is 17.9 Å². The Morgan fingerprint density at radius 1 is 1.45 bits per heavy atom. The van der Waals surface area contributed by atoms with E-state index in [1.54, 1.807) is 0 Å². The minimum atomic E-state index is 0.938. The van der Waals surface area contributed by atoms with E-state index in [1.807, 2.05) is 7.05 Å². The Hall–Kier alpha value is -0.520. The molecule has 0 saturated heterocycles. The van der Waals surface area contributed by atoms with Gasteiger partial charge in [0.25, 0.3) is 0 Å². The predicted octanol–water partition coefficient (Wildman–Crippen LogP) is 2.50. The van der Waals surface area contributed by atoms with Crippen molar-refractivity contribution in [1.29, 1.82) is 0 Å². The Balaban J connectivity index is 3.46. The fourth-order valence-corrected chi connectivity index (χ4v) is 1.04. The summed E-state index contributed by atoms with van der Waals surface area (Å²) < 4.78 is 0. The summed E-state index contributed by atoms with van der Waals surface area (Å²) in [6.07, 6.45) is 5.02. The maximum absolute atomic E-state index is 3.66. The van der Waals surface area contributed by atoms with Crippen molar-refractivity contribution in [2.45, 2.75) is 32.6 Å². The van der Waals surface area contributed by atoms with Crippen molar-refractivity contribution >= 4 is 0 Å². The second-order valence-electron chi connectivity index (χ2n) is 2.77. The van der Waals surface area contributed by atoms with E-state index in [0.717, 1.165) is 13.0 Å². The Kier molecular flexibility index (Phi) is 7.23. The quantitative estimate of drug-likeness (QED) is 0.456. The number of rotatable bonds is 6. The zero-order valence-corrected chi connectivity index (χ0v) is 7.74. The molecule has 0 radical (unpaired) electrons. The van der Waals surface area contributed by atoms with E-state index < -0.39 is 0 Å². The molecule has 0 fully saturated rings. The third-order valence-electron chi connectivity index (χ3n) is 1.72. The van der Waals surface area contributed by atoms with Crippen LogP contribution in [0.5, 0.6) is 0 Å². The third kappa shape index (κ3) is 5.90. The molecule has 0 bridgehead atoms. The second-order valence-corrected chi connectivity index (χ2v) is 2.77. The van der Waals surface area contributed by atoms with E-state index in [-0.39, 0.29) is 0 Å². The van der Waals surface area contributed by atoms with Gasteiger partial charge in [-0.25, -0.2) is 0 Å². The minimum Gasteiger partial charge on any atom is -0.315 e. The summed E-state index contributed by atoms with van der Waals surface area (Å²) in [7, 11) is 1.96. The van der Waals surface area contributed by atoms with Crippen molar-refractivity contribution in [2.75, 3.05) is 13.6 Å². The molecule has 0 aromatic carbocycles. The molecule has 11 heavy (non-hydrogen) atoms. The van der Waals surface area contributed by atoms with Crippen LogP contribution < -0.4 is 5.32 Å². The van der Waals surface area contributed by atoms with Gasteiger partial charge in [0.1, 0.15) is 0 Å². The van der Waals surface area contributed by atoms with Crippen molar-refractivity contribution in [1.82, 2.24) is 5.32 Å². The van der Waals surface area contributed by atoms with Crippen LogP contribution in [0.3, 0.4) is 0 Å². The molecule has 1 nitrogen and oxygen atoms in total. The van der Waals surface area contributed by atoms with Gasteiger partial charge in [0, 0.05) is 6.54 Å². The van der Waals surface area contributed by atoms with Gasteiger partial charge in [-0.05, 0) is 25.5 Å². The summed E-state index contributed by atoms with van der Waals surface area (Å²) in [5.41, 5.74) is 4.27. The zero-order valence-electron chi connectivity index (χ0n) is 7.74. The van der Waals surface area contributed by atoms with E-state index >= 15 is 0 Å². The van der Waals surface area contributed by atoms with Gasteiger partial charge < -0.3 is 5.32 Å². The molecular weight excluding hydrogens is 134 g/mol. The second kappa shape index (κ2) is 7.59. The van der Waals surface area contributed by atoms with Gasteiger partial charge in [0.2, 0.25) is 0 Å². The SMILES string of the molecule is C=C=C(CCCCC)CNC. The smallest absolute Gasteiger partial charge is 0.0236 e. The first kappa shape index (κ1) is 10.5. The average Bonchev–Trinajstić information content (AvgIpc) is 2.03. The molecule has 0 rings (SSSR count). The summed E-state index contributed by atoms with van der Waals surface area (Å²) >= 11 is 0. The van der Waals surface area contributed by atoms with E-state index in [0.29, 0.717) is 0 Å². The number of hydrogen-bond donors (Lipinski definition) is 1. The van der Waals surface area contributed by atoms with E-state index in [9.17, 15) is 0 Å². The van der Waals surface area contributed by atoms with Crippen LogP contribution in [0.4, 0.5) is 0 Å². The lowest BCUT2D eigenvalue weighted by molar-refractivity contribution is 0.694. The lowest BCUT2D eigenvalue weighted by Crippen LogP contribution is -2.09. The van der Waals surface area contributed by atoms with Crippen LogP contribution in [-0.2, 0) is 0 Å². The highest BCUT2D eigenvalue weighted by atomic mass is 14.8. The van der Waals surface area contributed by atoms with E-state index in [4.69, 9.17) is 0 Å². The maximum atomic E-state index is 3.66. The van der Waals surface area contributed by atoms with Gasteiger partial charge >= 0.3 is 0 Å². The number of nitrogens with one attached hydrogen (secondary N) is 1. The number of unbranched alkanes of at least 4 members (excludes halogenated alkanes) is 2. The molecule has 0 aromatic rings. The van der Waals surface area contributed by atoms with Crippen LogP contribution in [0.25, 0.3) is 0 Å². The molecule has 0 atom stereocenters. The monoisotopic (exact) mass is 153 g/mol. The van der Waals surface area contributed by atoms with Crippen LogP contribution >= 0.6 is 0 Å². The normalized spacial score (nSPS) is 9.27. The van der Waals surface area contributed by atoms with Crippen LogP contribution in [0.15, 0.2) is 17.9 Å². The Bertz CT molecular complexity index is 132. The first-order valence-electron chi connectivity index (χ1n) is 4.37. The molecule has 0 aliphatic carbocycles. The molecule has 1 heteroatoms. The predicted molar refractivity (Wildman–Crippen MR) is 50.7 cm³/mol. The standard InChI is InChI=1S/C10H19N/c1-4-6-7-8-10(5-2)9-11-3/h11H,2,4,6-9H2,1,3H3. The molecule has 0 amide bonds. The van der Waals surface area contributed by atoms with Crippen molar-refractivity contribution in [3.8, 4) is 0 Å². The first-order chi connectivity index (χ1) is 5.35. The molecule has 1 N–H and O–H groups in total. The third-order valence-corrected chi connectivity index (χ3v) is 1.72. The lowest BCUT2D eigenvalue weighted by atomic mass is 10.1. The van der Waals surface area contributed by atoms with E-state index in [1.165, 1.54) is 24.8 Å². The molecule has 0 unspecified atom stereocenters. The van der Waals surface area contributed by atoms with Crippen LogP contribution in [-0.4, -0.2) is 13.6 Å². The molecule has 0 heterocycles. The van der Waals surface area contributed by atoms with Gasteiger partial charge in [0.05, 0.1) is 0 Å². The maximum Gasteiger partial charge on any atom is 0.0236 e. The van der Waals surface area contributed by atoms with Gasteiger partial charge in [-0.1, -0.05) is 26.3 Å². The Morgan fingerprint density at radius 3 is 2.64 bits per heavy atom. The van der Waals surface area contributed by atoms with Gasteiger partial charge in [0.15, 0.2) is 0 Å². The topological polar surface area (TPSA) is 12.0 Å². The van der Waals surface area contributed by atoms with Gasteiger partial charge in [-0.2, -0.15) is 0 Å². The number of hydrogen-bond acceptors (Lipinski definition) is 1. The van der Waals surface area contributed by atoms with Gasteiger partial charge in [-0.15, -0.1) is 5.73 Å². The molecule has 64 valence electrons. The molecule has 0 aromatic heterocycles. The Morgan fingerprint density at radius 2 is 2.18 bits per heavy atom. The highest BCUT2D eigenvalue weighted by Gasteiger charge is 1.93. The Labute approximate surface area is 70.2 Å². The summed E-state index contributed by atoms with van der Waals surface area (Å²) in [5.74, 6) is 0. The van der Waals surface area contributed by atoms with Crippen molar-refractivity contribution in [3.63, 3.8) is 0 Å². The van der Waals surface area contributed by atoms with Crippen molar-refractivity contribution in [2.24, 2.45) is 0 Å². The fourth-order valence-electron chi connectivity index (χ4n) is 1.04.